The first-order valence-electron chi connectivity index (χ1n) is 5.00. The van der Waals surface area contributed by atoms with Crippen molar-refractivity contribution in [2.75, 3.05) is 13.2 Å². The summed E-state index contributed by atoms with van der Waals surface area (Å²) in [6.45, 7) is 0.533. The summed E-state index contributed by atoms with van der Waals surface area (Å²) >= 11 is 0. The molecule has 88 valence electrons. The van der Waals surface area contributed by atoms with Gasteiger partial charge in [0.25, 0.3) is 0 Å². The van der Waals surface area contributed by atoms with E-state index in [-0.39, 0.29) is 30.5 Å². The van der Waals surface area contributed by atoms with Crippen LogP contribution in [0.15, 0.2) is 18.2 Å². The maximum atomic E-state index is 11.1. The minimum absolute atomic E-state index is 0.172. The quantitative estimate of drug-likeness (QED) is 0.502. The molecule has 0 atom stereocenters. The fourth-order valence-electron chi connectivity index (χ4n) is 1.22. The number of rotatable bonds is 5. The molecule has 0 aromatic heterocycles. The van der Waals surface area contributed by atoms with Crippen molar-refractivity contribution < 1.29 is 19.7 Å². The van der Waals surface area contributed by atoms with Crippen LogP contribution >= 0.6 is 0 Å². The van der Waals surface area contributed by atoms with Gasteiger partial charge in [-0.05, 0) is 24.1 Å². The van der Waals surface area contributed by atoms with Gasteiger partial charge >= 0.3 is 5.97 Å². The summed E-state index contributed by atoms with van der Waals surface area (Å²) in [5, 5.41) is 18.3. The number of aryl methyl sites for hydroxylation is 1. The average Bonchev–Trinajstić information content (AvgIpc) is 2.28. The average molecular weight is 225 g/mol. The second-order valence-electron chi connectivity index (χ2n) is 3.33. The van der Waals surface area contributed by atoms with Crippen LogP contribution < -0.4 is 5.73 Å². The van der Waals surface area contributed by atoms with Crippen LogP contribution in [0.25, 0.3) is 0 Å². The molecule has 0 amide bonds. The highest BCUT2D eigenvalue weighted by Gasteiger charge is 2.05. The zero-order chi connectivity index (χ0) is 12.0. The molecule has 5 heteroatoms. The molecule has 1 aromatic carbocycles. The molecular weight excluding hydrogens is 210 g/mol. The molecule has 1 aromatic rings. The van der Waals surface area contributed by atoms with E-state index in [1.807, 2.05) is 0 Å². The van der Waals surface area contributed by atoms with Gasteiger partial charge in [-0.25, -0.2) is 0 Å². The Hall–Kier alpha value is -1.75. The van der Waals surface area contributed by atoms with Crippen LogP contribution in [0.5, 0.6) is 11.5 Å². The molecule has 16 heavy (non-hydrogen) atoms. The molecule has 4 N–H and O–H groups in total. The third kappa shape index (κ3) is 3.78. The Morgan fingerprint density at radius 3 is 2.69 bits per heavy atom. The van der Waals surface area contributed by atoms with E-state index in [9.17, 15) is 9.90 Å². The zero-order valence-corrected chi connectivity index (χ0v) is 8.85. The van der Waals surface area contributed by atoms with Gasteiger partial charge < -0.3 is 20.7 Å². The fourth-order valence-corrected chi connectivity index (χ4v) is 1.22. The first-order valence-corrected chi connectivity index (χ1v) is 5.00. The molecule has 0 unspecified atom stereocenters. The number of benzene rings is 1. The van der Waals surface area contributed by atoms with Gasteiger partial charge in [-0.15, -0.1) is 0 Å². The number of carbonyl (C=O) groups excluding carboxylic acids is 1. The Morgan fingerprint density at radius 1 is 1.31 bits per heavy atom. The highest BCUT2D eigenvalue weighted by Crippen LogP contribution is 2.25. The van der Waals surface area contributed by atoms with Crippen molar-refractivity contribution in [3.63, 3.8) is 0 Å². The lowest BCUT2D eigenvalue weighted by Crippen LogP contribution is -2.13. The first kappa shape index (κ1) is 12.3. The Morgan fingerprint density at radius 2 is 2.06 bits per heavy atom. The Bertz CT molecular complexity index is 365. The molecule has 0 aliphatic heterocycles. The molecule has 0 heterocycles. The number of phenols is 2. The van der Waals surface area contributed by atoms with E-state index in [0.29, 0.717) is 13.0 Å². The predicted octanol–water partition coefficient (Wildman–Crippen LogP) is 0.532. The molecule has 5 nitrogen and oxygen atoms in total. The highest BCUT2D eigenvalue weighted by molar-refractivity contribution is 5.69. The maximum Gasteiger partial charge on any atom is 0.306 e. The number of nitrogens with two attached hydrogens (primary N) is 1. The van der Waals surface area contributed by atoms with Crippen molar-refractivity contribution in [3.05, 3.63) is 23.8 Å². The van der Waals surface area contributed by atoms with Crippen molar-refractivity contribution in [2.45, 2.75) is 12.8 Å². The highest BCUT2D eigenvalue weighted by atomic mass is 16.5. The number of esters is 1. The normalized spacial score (nSPS) is 10.1. The molecule has 0 aliphatic rings. The number of phenolic OH excluding ortho intramolecular Hbond substituents is 2. The van der Waals surface area contributed by atoms with Crippen LogP contribution in [0.4, 0.5) is 0 Å². The van der Waals surface area contributed by atoms with E-state index in [4.69, 9.17) is 15.6 Å². The van der Waals surface area contributed by atoms with Crippen LogP contribution in [0.1, 0.15) is 12.0 Å². The smallest absolute Gasteiger partial charge is 0.306 e. The third-order valence-electron chi connectivity index (χ3n) is 2.04. The second kappa shape index (κ2) is 5.97. The number of hydrogen-bond acceptors (Lipinski definition) is 5. The van der Waals surface area contributed by atoms with Crippen LogP contribution in [0.2, 0.25) is 0 Å². The van der Waals surface area contributed by atoms with Gasteiger partial charge in [-0.2, -0.15) is 0 Å². The molecule has 0 bridgehead atoms. The van der Waals surface area contributed by atoms with Crippen LogP contribution in [-0.4, -0.2) is 29.3 Å². The first-order chi connectivity index (χ1) is 7.63. The Balaban J connectivity index is 2.42. The van der Waals surface area contributed by atoms with Crippen molar-refractivity contribution in [1.29, 1.82) is 0 Å². The lowest BCUT2D eigenvalue weighted by atomic mass is 10.1. The maximum absolute atomic E-state index is 11.1. The number of carbonyl (C=O) groups is 1. The largest absolute Gasteiger partial charge is 0.504 e. The van der Waals surface area contributed by atoms with Crippen molar-refractivity contribution >= 4 is 5.97 Å². The molecule has 0 fully saturated rings. The van der Waals surface area contributed by atoms with Gasteiger partial charge in [0.15, 0.2) is 11.5 Å². The summed E-state index contributed by atoms with van der Waals surface area (Å²) < 4.78 is 4.79. The lowest BCUT2D eigenvalue weighted by molar-refractivity contribution is -0.143. The molecular formula is C11H15NO4. The fraction of sp³-hybridized carbons (Fsp3) is 0.364. The Labute approximate surface area is 93.5 Å². The van der Waals surface area contributed by atoms with Crippen molar-refractivity contribution in [1.82, 2.24) is 0 Å². The summed E-state index contributed by atoms with van der Waals surface area (Å²) in [6, 6.07) is 4.45. The molecule has 0 saturated carbocycles. The summed E-state index contributed by atoms with van der Waals surface area (Å²) in [6.07, 6.45) is 0.682. The topological polar surface area (TPSA) is 92.8 Å². The van der Waals surface area contributed by atoms with E-state index in [1.54, 1.807) is 6.07 Å². The lowest BCUT2D eigenvalue weighted by Gasteiger charge is -2.04. The molecule has 0 saturated heterocycles. The minimum Gasteiger partial charge on any atom is -0.504 e. The standard InChI is InChI=1S/C11H15NO4/c12-5-6-16-11(15)4-2-8-1-3-9(13)10(14)7-8/h1,3,7,13-14H,2,4-6,12H2. The van der Waals surface area contributed by atoms with E-state index in [0.717, 1.165) is 5.56 Å². The second-order valence-corrected chi connectivity index (χ2v) is 3.33. The van der Waals surface area contributed by atoms with Gasteiger partial charge in [0.05, 0.1) is 0 Å². The van der Waals surface area contributed by atoms with Gasteiger partial charge in [0.1, 0.15) is 6.61 Å². The molecule has 1 rings (SSSR count). The van der Waals surface area contributed by atoms with Gasteiger partial charge in [0, 0.05) is 13.0 Å². The van der Waals surface area contributed by atoms with Crippen LogP contribution in [-0.2, 0) is 16.0 Å². The van der Waals surface area contributed by atoms with Crippen LogP contribution in [0.3, 0.4) is 0 Å². The van der Waals surface area contributed by atoms with Gasteiger partial charge in [-0.1, -0.05) is 6.07 Å². The number of ether oxygens (including phenoxy) is 1. The van der Waals surface area contributed by atoms with Crippen LogP contribution in [0, 0.1) is 0 Å². The van der Waals surface area contributed by atoms with Crippen molar-refractivity contribution in [3.8, 4) is 11.5 Å². The predicted molar refractivity (Wildman–Crippen MR) is 58.1 cm³/mol. The van der Waals surface area contributed by atoms with Crippen molar-refractivity contribution in [2.24, 2.45) is 5.73 Å². The summed E-state index contributed by atoms with van der Waals surface area (Å²) in [4.78, 5) is 11.1. The summed E-state index contributed by atoms with van der Waals surface area (Å²) in [5.74, 6) is -0.680. The monoisotopic (exact) mass is 225 g/mol. The molecule has 0 radical (unpaired) electrons. The SMILES string of the molecule is NCCOC(=O)CCc1ccc(O)c(O)c1. The third-order valence-corrected chi connectivity index (χ3v) is 2.04. The van der Waals surface area contributed by atoms with Gasteiger partial charge in [-0.3, -0.25) is 4.79 Å². The van der Waals surface area contributed by atoms with E-state index >= 15 is 0 Å². The number of aromatic hydroxyl groups is 2. The van der Waals surface area contributed by atoms with Gasteiger partial charge in [0.2, 0.25) is 0 Å². The summed E-state index contributed by atoms with van der Waals surface area (Å²) in [5.41, 5.74) is 5.95. The Kier molecular flexibility index (Phi) is 4.60. The number of hydrogen-bond donors (Lipinski definition) is 3. The van der Waals surface area contributed by atoms with E-state index < -0.39 is 0 Å². The summed E-state index contributed by atoms with van der Waals surface area (Å²) in [7, 11) is 0. The molecule has 0 aliphatic carbocycles. The van der Waals surface area contributed by atoms with E-state index in [1.165, 1.54) is 12.1 Å². The molecule has 0 spiro atoms. The zero-order valence-electron chi connectivity index (χ0n) is 8.85. The van der Waals surface area contributed by atoms with E-state index in [2.05, 4.69) is 0 Å². The minimum atomic E-state index is -0.321.